The van der Waals surface area contributed by atoms with Crippen LogP contribution < -0.4 is 4.90 Å². The third kappa shape index (κ3) is 4.05. The number of thiophene rings is 1. The number of aliphatic hydroxyl groups is 1. The van der Waals surface area contributed by atoms with E-state index in [9.17, 15) is 14.7 Å². The Morgan fingerprint density at radius 2 is 1.77 bits per heavy atom. The van der Waals surface area contributed by atoms with Gasteiger partial charge < -0.3 is 14.6 Å². The summed E-state index contributed by atoms with van der Waals surface area (Å²) in [5.74, 6) is -2.64. The molecule has 7 heteroatoms. The summed E-state index contributed by atoms with van der Waals surface area (Å²) in [6.45, 7) is 7.82. The molecule has 2 aliphatic rings. The summed E-state index contributed by atoms with van der Waals surface area (Å²) in [5.41, 5.74) is 2.92. The van der Waals surface area contributed by atoms with Crippen LogP contribution in [0.25, 0.3) is 11.1 Å². The number of Topliss-reactive ketones (excluding diaryl/α,β-unsaturated/α-hetero) is 1. The van der Waals surface area contributed by atoms with E-state index in [1.165, 1.54) is 4.90 Å². The predicted octanol–water partition coefficient (Wildman–Crippen LogP) is 4.57. The number of nitrogens with zero attached hydrogens (tertiary/aromatic N) is 1. The molecule has 3 heterocycles. The van der Waals surface area contributed by atoms with Gasteiger partial charge in [0, 0.05) is 17.5 Å². The SMILES string of the molecule is CC(C)C(=O)C1=C(O)C(=O)N(c2ccc(-c3ccsc3)cc2)C1C1COC(C)(C)OC1. The highest BCUT2D eigenvalue weighted by Gasteiger charge is 2.49. The van der Waals surface area contributed by atoms with E-state index < -0.39 is 23.5 Å². The predicted molar refractivity (Wildman–Crippen MR) is 120 cm³/mol. The van der Waals surface area contributed by atoms with Gasteiger partial charge in [-0.3, -0.25) is 14.5 Å². The summed E-state index contributed by atoms with van der Waals surface area (Å²) in [5, 5.41) is 14.8. The Labute approximate surface area is 186 Å². The van der Waals surface area contributed by atoms with Crippen molar-refractivity contribution in [2.24, 2.45) is 11.8 Å². The van der Waals surface area contributed by atoms with Crippen molar-refractivity contribution in [3.8, 4) is 11.1 Å². The topological polar surface area (TPSA) is 76.1 Å². The average molecular weight is 442 g/mol. The van der Waals surface area contributed by atoms with Crippen LogP contribution >= 0.6 is 11.3 Å². The van der Waals surface area contributed by atoms with Crippen LogP contribution in [0.2, 0.25) is 0 Å². The van der Waals surface area contributed by atoms with Crippen LogP contribution in [-0.2, 0) is 19.1 Å². The minimum atomic E-state index is -0.722. The van der Waals surface area contributed by atoms with Gasteiger partial charge in [-0.25, -0.2) is 0 Å². The first kappa shape index (κ1) is 21.7. The summed E-state index contributed by atoms with van der Waals surface area (Å²) in [7, 11) is 0. The van der Waals surface area contributed by atoms with Crippen LogP contribution in [0.1, 0.15) is 27.7 Å². The molecule has 1 aromatic heterocycles. The summed E-state index contributed by atoms with van der Waals surface area (Å²) >= 11 is 1.62. The molecule has 0 spiro atoms. The maximum absolute atomic E-state index is 13.1. The highest BCUT2D eigenvalue weighted by atomic mass is 32.1. The third-order valence-corrected chi connectivity index (χ3v) is 6.46. The highest BCUT2D eigenvalue weighted by molar-refractivity contribution is 7.08. The number of amides is 1. The number of ether oxygens (including phenoxy) is 2. The van der Waals surface area contributed by atoms with Crippen molar-refractivity contribution in [2.45, 2.75) is 39.5 Å². The van der Waals surface area contributed by atoms with Crippen molar-refractivity contribution < 1.29 is 24.2 Å². The summed E-state index contributed by atoms with van der Waals surface area (Å²) < 4.78 is 11.7. The molecule has 1 atom stereocenters. The largest absolute Gasteiger partial charge is 0.503 e. The van der Waals surface area contributed by atoms with Crippen LogP contribution in [0.4, 0.5) is 5.69 Å². The molecule has 1 saturated heterocycles. The fourth-order valence-corrected chi connectivity index (χ4v) is 4.72. The van der Waals surface area contributed by atoms with E-state index in [1.54, 1.807) is 25.2 Å². The van der Waals surface area contributed by atoms with Crippen LogP contribution in [-0.4, -0.2) is 41.8 Å². The molecule has 0 aliphatic carbocycles. The van der Waals surface area contributed by atoms with E-state index in [0.29, 0.717) is 18.9 Å². The summed E-state index contributed by atoms with van der Waals surface area (Å²) in [6, 6.07) is 8.97. The van der Waals surface area contributed by atoms with E-state index in [-0.39, 0.29) is 23.2 Å². The van der Waals surface area contributed by atoms with Crippen molar-refractivity contribution in [1.29, 1.82) is 0 Å². The van der Waals surface area contributed by atoms with Gasteiger partial charge in [0.1, 0.15) is 0 Å². The lowest BCUT2D eigenvalue weighted by Crippen LogP contribution is -2.50. The Morgan fingerprint density at radius 3 is 2.32 bits per heavy atom. The fraction of sp³-hybridized carbons (Fsp3) is 0.417. The number of hydrogen-bond acceptors (Lipinski definition) is 6. The van der Waals surface area contributed by atoms with Gasteiger partial charge in [-0.15, -0.1) is 0 Å². The molecule has 1 aromatic carbocycles. The summed E-state index contributed by atoms with van der Waals surface area (Å²) in [4.78, 5) is 27.6. The number of anilines is 1. The Bertz CT molecular complexity index is 997. The normalized spacial score (nSPS) is 21.9. The third-order valence-electron chi connectivity index (χ3n) is 5.78. The zero-order valence-electron chi connectivity index (χ0n) is 18.1. The maximum Gasteiger partial charge on any atom is 0.294 e. The van der Waals surface area contributed by atoms with Gasteiger partial charge in [-0.1, -0.05) is 26.0 Å². The first-order chi connectivity index (χ1) is 14.7. The van der Waals surface area contributed by atoms with Crippen LogP contribution in [0.15, 0.2) is 52.4 Å². The second-order valence-electron chi connectivity index (χ2n) is 8.74. The lowest BCUT2D eigenvalue weighted by Gasteiger charge is -2.40. The molecule has 1 N–H and O–H groups in total. The molecule has 0 bridgehead atoms. The molecule has 2 aliphatic heterocycles. The van der Waals surface area contributed by atoms with Gasteiger partial charge >= 0.3 is 0 Å². The van der Waals surface area contributed by atoms with Gasteiger partial charge in [0.2, 0.25) is 0 Å². The Hall–Kier alpha value is -2.48. The van der Waals surface area contributed by atoms with Crippen LogP contribution in [0, 0.1) is 11.8 Å². The number of rotatable bonds is 5. The van der Waals surface area contributed by atoms with Gasteiger partial charge in [0.15, 0.2) is 17.3 Å². The second-order valence-corrected chi connectivity index (χ2v) is 9.52. The molecule has 0 radical (unpaired) electrons. The zero-order chi connectivity index (χ0) is 22.3. The lowest BCUT2D eigenvalue weighted by molar-refractivity contribution is -0.263. The molecule has 2 aromatic rings. The minimum absolute atomic E-state index is 0.152. The molecular formula is C24H27NO5S. The number of hydrogen-bond donors (Lipinski definition) is 1. The molecule has 4 rings (SSSR count). The first-order valence-electron chi connectivity index (χ1n) is 10.4. The lowest BCUT2D eigenvalue weighted by atomic mass is 9.87. The number of benzene rings is 1. The van der Waals surface area contributed by atoms with Crippen molar-refractivity contribution in [3.63, 3.8) is 0 Å². The fourth-order valence-electron chi connectivity index (χ4n) is 4.05. The second kappa shape index (κ2) is 8.22. The Kier molecular flexibility index (Phi) is 5.77. The van der Waals surface area contributed by atoms with Gasteiger partial charge in [0.25, 0.3) is 5.91 Å². The van der Waals surface area contributed by atoms with Crippen LogP contribution in [0.5, 0.6) is 0 Å². The molecule has 0 saturated carbocycles. The summed E-state index contributed by atoms with van der Waals surface area (Å²) in [6.07, 6.45) is 0. The number of carbonyl (C=O) groups is 2. The van der Waals surface area contributed by atoms with Crippen molar-refractivity contribution >= 4 is 28.7 Å². The van der Waals surface area contributed by atoms with E-state index in [2.05, 4.69) is 5.38 Å². The molecule has 6 nitrogen and oxygen atoms in total. The van der Waals surface area contributed by atoms with Crippen LogP contribution in [0.3, 0.4) is 0 Å². The van der Waals surface area contributed by atoms with E-state index in [0.717, 1.165) is 11.1 Å². The molecule has 164 valence electrons. The highest BCUT2D eigenvalue weighted by Crippen LogP contribution is 2.39. The van der Waals surface area contributed by atoms with Gasteiger partial charge in [-0.2, -0.15) is 11.3 Å². The van der Waals surface area contributed by atoms with E-state index in [4.69, 9.17) is 9.47 Å². The molecular weight excluding hydrogens is 414 g/mol. The minimum Gasteiger partial charge on any atom is -0.503 e. The quantitative estimate of drug-likeness (QED) is 0.736. The maximum atomic E-state index is 13.1. The van der Waals surface area contributed by atoms with Gasteiger partial charge in [0.05, 0.1) is 24.8 Å². The number of aliphatic hydroxyl groups excluding tert-OH is 1. The smallest absolute Gasteiger partial charge is 0.294 e. The number of ketones is 1. The molecule has 1 fully saturated rings. The van der Waals surface area contributed by atoms with Crippen molar-refractivity contribution in [1.82, 2.24) is 0 Å². The Morgan fingerprint density at radius 1 is 1.13 bits per heavy atom. The van der Waals surface area contributed by atoms with E-state index in [1.807, 2.05) is 49.6 Å². The van der Waals surface area contributed by atoms with E-state index >= 15 is 0 Å². The van der Waals surface area contributed by atoms with Crippen molar-refractivity contribution in [3.05, 3.63) is 52.4 Å². The molecule has 1 unspecified atom stereocenters. The molecule has 1 amide bonds. The van der Waals surface area contributed by atoms with Gasteiger partial charge in [-0.05, 0) is 53.9 Å². The zero-order valence-corrected chi connectivity index (χ0v) is 18.9. The Balaban J connectivity index is 1.71. The monoisotopic (exact) mass is 441 g/mol. The van der Waals surface area contributed by atoms with Crippen molar-refractivity contribution in [2.75, 3.05) is 18.1 Å². The standard InChI is InChI=1S/C24H27NO5S/c1-14(2)21(26)19-20(17-11-29-24(3,4)30-12-17)25(23(28)22(19)27)18-7-5-15(6-8-18)16-9-10-31-13-16/h5-10,13-14,17,20,27H,11-12H2,1-4H3. The molecule has 31 heavy (non-hydrogen) atoms. The number of carbonyl (C=O) groups excluding carboxylic acids is 2. The first-order valence-corrected chi connectivity index (χ1v) is 11.4. The average Bonchev–Trinajstić information content (AvgIpc) is 3.35.